The monoisotopic (exact) mass is 612 g/mol. The smallest absolute Gasteiger partial charge is 0.414 e. The molecule has 13 nitrogen and oxygen atoms in total. The topological polar surface area (TPSA) is 190 Å². The molecule has 1 saturated heterocycles. The van der Waals surface area contributed by atoms with Gasteiger partial charge in [-0.3, -0.25) is 9.88 Å². The molecular formula is C31H40N4O9. The molecule has 0 radical (unpaired) electrons. The number of carbonyl (C=O) groups is 4. The van der Waals surface area contributed by atoms with Crippen molar-refractivity contribution in [2.45, 2.75) is 32.2 Å². The first-order chi connectivity index (χ1) is 21.1. The Bertz CT molecular complexity index is 1300. The third-order valence-corrected chi connectivity index (χ3v) is 6.71. The highest BCUT2D eigenvalue weighted by Gasteiger charge is 2.16. The van der Waals surface area contributed by atoms with E-state index in [0.29, 0.717) is 0 Å². The van der Waals surface area contributed by atoms with E-state index in [0.717, 1.165) is 35.4 Å². The predicted octanol–water partition coefficient (Wildman–Crippen LogP) is 3.34. The van der Waals surface area contributed by atoms with E-state index in [1.54, 1.807) is 7.11 Å². The number of hydrogen-bond donors (Lipinski definition) is 5. The van der Waals surface area contributed by atoms with Crippen LogP contribution in [0.15, 0.2) is 60.8 Å². The molecule has 2 aromatic carbocycles. The van der Waals surface area contributed by atoms with Gasteiger partial charge in [0.1, 0.15) is 5.75 Å². The highest BCUT2D eigenvalue weighted by atomic mass is 16.5. The molecule has 0 aliphatic carbocycles. The average Bonchev–Trinajstić information content (AvgIpc) is 3.02. The fraction of sp³-hybridized carbons (Fsp3) is 0.387. The molecule has 4 rings (SSSR count). The van der Waals surface area contributed by atoms with Crippen molar-refractivity contribution < 1.29 is 44.3 Å². The zero-order chi connectivity index (χ0) is 32.3. The van der Waals surface area contributed by atoms with E-state index in [4.69, 9.17) is 44.3 Å². The van der Waals surface area contributed by atoms with Gasteiger partial charge in [-0.15, -0.1) is 0 Å². The minimum atomic E-state index is -1.82. The fourth-order valence-electron chi connectivity index (χ4n) is 4.47. The van der Waals surface area contributed by atoms with Crippen molar-refractivity contribution >= 4 is 40.5 Å². The van der Waals surface area contributed by atoms with E-state index in [1.165, 1.54) is 64.0 Å². The van der Waals surface area contributed by atoms with Crippen molar-refractivity contribution in [3.63, 3.8) is 0 Å². The number of nitrogens with one attached hydrogen (secondary N) is 1. The number of pyridine rings is 1. The number of benzene rings is 2. The molecule has 0 spiro atoms. The number of nitrogens with zero attached hydrogens (tertiary/aromatic N) is 3. The summed E-state index contributed by atoms with van der Waals surface area (Å²) in [6.07, 6.45) is 6.87. The van der Waals surface area contributed by atoms with Crippen molar-refractivity contribution in [3.8, 4) is 5.75 Å². The summed E-state index contributed by atoms with van der Waals surface area (Å²) in [5.74, 6) is -6.42. The zero-order valence-electron chi connectivity index (χ0n) is 24.7. The van der Waals surface area contributed by atoms with Crippen LogP contribution in [0, 0.1) is 0 Å². The number of ether oxygens (including phenoxy) is 1. The first-order valence-corrected chi connectivity index (χ1v) is 14.2. The van der Waals surface area contributed by atoms with Crippen LogP contribution in [-0.4, -0.2) is 105 Å². The highest BCUT2D eigenvalue weighted by Crippen LogP contribution is 2.27. The number of aromatic nitrogens is 1. The Morgan fingerprint density at radius 3 is 1.95 bits per heavy atom. The van der Waals surface area contributed by atoms with Crippen molar-refractivity contribution in [1.29, 1.82) is 0 Å². The lowest BCUT2D eigenvalue weighted by atomic mass is 10.1. The SMILES string of the molecule is COc1cc(NCCCCCCN2CCN(Cc3ccccc3)CC2)c2ncccc2c1.O=C(O)C(=O)O.O=C(O)C(=O)O. The van der Waals surface area contributed by atoms with Crippen LogP contribution in [0.3, 0.4) is 0 Å². The van der Waals surface area contributed by atoms with Gasteiger partial charge >= 0.3 is 23.9 Å². The van der Waals surface area contributed by atoms with E-state index < -0.39 is 23.9 Å². The zero-order valence-corrected chi connectivity index (χ0v) is 24.7. The van der Waals surface area contributed by atoms with Gasteiger partial charge in [-0.1, -0.05) is 49.2 Å². The number of carboxylic acid groups (broad SMARTS) is 4. The molecule has 1 aromatic heterocycles. The summed E-state index contributed by atoms with van der Waals surface area (Å²) in [5, 5.41) is 34.2. The highest BCUT2D eigenvalue weighted by molar-refractivity contribution is 6.27. The summed E-state index contributed by atoms with van der Waals surface area (Å²) in [5.41, 5.74) is 3.50. The summed E-state index contributed by atoms with van der Waals surface area (Å²) in [6, 6.07) is 19.0. The van der Waals surface area contributed by atoms with Gasteiger partial charge in [-0.05, 0) is 37.1 Å². The standard InChI is InChI=1S/C27H36N4O.2C2H2O4/c1-32-25-20-24-12-9-14-29-27(24)26(21-25)28-13-7-2-3-8-15-30-16-18-31(19-17-30)22-23-10-5-4-6-11-23;2*3-1(4)2(5)6/h4-6,9-12,14,20-21,28H,2-3,7-8,13,15-19,22H2,1H3;2*(H,3,4)(H,5,6). The number of carboxylic acids is 4. The predicted molar refractivity (Wildman–Crippen MR) is 164 cm³/mol. The van der Waals surface area contributed by atoms with Crippen LogP contribution in [0.5, 0.6) is 5.75 Å². The van der Waals surface area contributed by atoms with Gasteiger partial charge in [0.25, 0.3) is 0 Å². The molecule has 44 heavy (non-hydrogen) atoms. The number of anilines is 1. The number of fused-ring (bicyclic) bond motifs is 1. The van der Waals surface area contributed by atoms with Crippen LogP contribution >= 0.6 is 0 Å². The normalized spacial score (nSPS) is 13.0. The summed E-state index contributed by atoms with van der Waals surface area (Å²) in [6.45, 7) is 8.05. The van der Waals surface area contributed by atoms with Gasteiger partial charge in [0.15, 0.2) is 0 Å². The summed E-state index contributed by atoms with van der Waals surface area (Å²) in [7, 11) is 1.71. The van der Waals surface area contributed by atoms with Gasteiger partial charge in [0.05, 0.1) is 18.3 Å². The maximum Gasteiger partial charge on any atom is 0.414 e. The van der Waals surface area contributed by atoms with Crippen LogP contribution in [0.1, 0.15) is 31.2 Å². The van der Waals surface area contributed by atoms with Crippen LogP contribution in [0.4, 0.5) is 5.69 Å². The quantitative estimate of drug-likeness (QED) is 0.157. The van der Waals surface area contributed by atoms with Crippen molar-refractivity contribution in [1.82, 2.24) is 14.8 Å². The number of rotatable bonds is 11. The second-order valence-electron chi connectivity index (χ2n) is 9.92. The number of piperazine rings is 1. The van der Waals surface area contributed by atoms with E-state index in [1.807, 2.05) is 24.4 Å². The molecule has 2 heterocycles. The van der Waals surface area contributed by atoms with Gasteiger partial charge in [0.2, 0.25) is 0 Å². The van der Waals surface area contributed by atoms with E-state index >= 15 is 0 Å². The second kappa shape index (κ2) is 19.4. The molecule has 0 unspecified atom stereocenters. The maximum atomic E-state index is 9.10. The Hall–Kier alpha value is -4.75. The third-order valence-electron chi connectivity index (χ3n) is 6.71. The summed E-state index contributed by atoms with van der Waals surface area (Å²) < 4.78 is 5.44. The van der Waals surface area contributed by atoms with Crippen molar-refractivity contribution in [2.75, 3.05) is 51.7 Å². The Balaban J connectivity index is 0.000000477. The van der Waals surface area contributed by atoms with E-state index in [9.17, 15) is 0 Å². The Morgan fingerprint density at radius 2 is 1.36 bits per heavy atom. The lowest BCUT2D eigenvalue weighted by Crippen LogP contribution is -2.46. The number of aliphatic carboxylic acids is 4. The lowest BCUT2D eigenvalue weighted by Gasteiger charge is -2.34. The summed E-state index contributed by atoms with van der Waals surface area (Å²) >= 11 is 0. The molecule has 238 valence electrons. The van der Waals surface area contributed by atoms with E-state index in [2.05, 4.69) is 56.5 Å². The molecule has 3 aromatic rings. The van der Waals surface area contributed by atoms with Gasteiger partial charge in [-0.2, -0.15) is 0 Å². The summed E-state index contributed by atoms with van der Waals surface area (Å²) in [4.78, 5) is 46.1. The molecule has 0 atom stereocenters. The minimum Gasteiger partial charge on any atom is -0.497 e. The second-order valence-corrected chi connectivity index (χ2v) is 9.92. The van der Waals surface area contributed by atoms with Crippen LogP contribution in [0.2, 0.25) is 0 Å². The third kappa shape index (κ3) is 13.5. The van der Waals surface area contributed by atoms with Crippen molar-refractivity contribution in [2.24, 2.45) is 0 Å². The Labute approximate surface area is 255 Å². The average molecular weight is 613 g/mol. The number of unbranched alkanes of at least 4 members (excludes halogenated alkanes) is 3. The molecule has 0 saturated carbocycles. The number of hydrogen-bond acceptors (Lipinski definition) is 9. The van der Waals surface area contributed by atoms with Crippen LogP contribution < -0.4 is 10.1 Å². The van der Waals surface area contributed by atoms with Crippen LogP contribution in [-0.2, 0) is 25.7 Å². The minimum absolute atomic E-state index is 0.872. The van der Waals surface area contributed by atoms with E-state index in [-0.39, 0.29) is 0 Å². The van der Waals surface area contributed by atoms with Crippen LogP contribution in [0.25, 0.3) is 10.9 Å². The lowest BCUT2D eigenvalue weighted by molar-refractivity contribution is -0.159. The molecule has 1 fully saturated rings. The maximum absolute atomic E-state index is 9.10. The molecule has 13 heteroatoms. The number of methoxy groups -OCH3 is 1. The first-order valence-electron chi connectivity index (χ1n) is 14.2. The molecule has 0 amide bonds. The van der Waals surface area contributed by atoms with Crippen molar-refractivity contribution in [3.05, 3.63) is 66.4 Å². The van der Waals surface area contributed by atoms with Gasteiger partial charge in [0, 0.05) is 56.9 Å². The van der Waals surface area contributed by atoms with Gasteiger partial charge < -0.3 is 35.4 Å². The Kier molecular flexibility index (Phi) is 15.7. The molecule has 5 N–H and O–H groups in total. The largest absolute Gasteiger partial charge is 0.497 e. The molecular weight excluding hydrogens is 572 g/mol. The molecule has 0 bridgehead atoms. The molecule has 1 aliphatic heterocycles. The molecule has 1 aliphatic rings. The Morgan fingerprint density at radius 1 is 0.773 bits per heavy atom. The fourth-order valence-corrected chi connectivity index (χ4v) is 4.47. The van der Waals surface area contributed by atoms with Gasteiger partial charge in [-0.25, -0.2) is 19.2 Å². The first kappa shape index (κ1) is 35.4.